The zero-order valence-electron chi connectivity index (χ0n) is 13.5. The Morgan fingerprint density at radius 3 is 2.18 bits per heavy atom. The quantitative estimate of drug-likeness (QED) is 0.756. The third-order valence-electron chi connectivity index (χ3n) is 4.14. The van der Waals surface area contributed by atoms with Gasteiger partial charge in [-0.1, -0.05) is 26.7 Å². The fraction of sp³-hybridized carbons (Fsp3) is 0.556. The van der Waals surface area contributed by atoms with E-state index in [9.17, 15) is 9.59 Å². The second kappa shape index (κ2) is 7.97. The van der Waals surface area contributed by atoms with E-state index in [0.29, 0.717) is 0 Å². The van der Waals surface area contributed by atoms with Crippen molar-refractivity contribution in [3.05, 3.63) is 24.3 Å². The van der Waals surface area contributed by atoms with Gasteiger partial charge >= 0.3 is 0 Å². The van der Waals surface area contributed by atoms with Crippen molar-refractivity contribution < 1.29 is 9.59 Å². The first-order valence-electron chi connectivity index (χ1n) is 8.35. The normalized spacial score (nSPS) is 15.2. The fourth-order valence-corrected chi connectivity index (χ4v) is 2.44. The van der Waals surface area contributed by atoms with Crippen LogP contribution in [0, 0.1) is 11.8 Å². The van der Waals surface area contributed by atoms with Crippen LogP contribution in [0.5, 0.6) is 0 Å². The molecule has 0 heterocycles. The van der Waals surface area contributed by atoms with Gasteiger partial charge in [-0.3, -0.25) is 9.59 Å². The molecule has 0 saturated heterocycles. The highest BCUT2D eigenvalue weighted by atomic mass is 16.2. The number of benzene rings is 1. The molecule has 2 amide bonds. The Balaban J connectivity index is 1.86. The molecule has 1 aromatic carbocycles. The molecule has 0 radical (unpaired) electrons. The maximum atomic E-state index is 12.2. The molecule has 1 saturated carbocycles. The molecule has 0 spiro atoms. The summed E-state index contributed by atoms with van der Waals surface area (Å²) in [5.74, 6) is 0.463. The molecule has 120 valence electrons. The van der Waals surface area contributed by atoms with Crippen LogP contribution in [-0.4, -0.2) is 11.8 Å². The highest BCUT2D eigenvalue weighted by Crippen LogP contribution is 2.30. The number of anilines is 2. The third kappa shape index (κ3) is 4.86. The minimum Gasteiger partial charge on any atom is -0.326 e. The number of hydrogen-bond acceptors (Lipinski definition) is 2. The van der Waals surface area contributed by atoms with E-state index >= 15 is 0 Å². The molecule has 1 atom stereocenters. The Kier molecular flexibility index (Phi) is 5.99. The van der Waals surface area contributed by atoms with Crippen LogP contribution < -0.4 is 10.6 Å². The zero-order valence-corrected chi connectivity index (χ0v) is 13.5. The van der Waals surface area contributed by atoms with Crippen molar-refractivity contribution in [1.82, 2.24) is 0 Å². The fourth-order valence-electron chi connectivity index (χ4n) is 2.44. The van der Waals surface area contributed by atoms with Gasteiger partial charge in [0.15, 0.2) is 0 Å². The Labute approximate surface area is 132 Å². The second-order valence-corrected chi connectivity index (χ2v) is 6.08. The van der Waals surface area contributed by atoms with E-state index in [2.05, 4.69) is 24.5 Å². The molecule has 0 bridgehead atoms. The van der Waals surface area contributed by atoms with Crippen molar-refractivity contribution in [2.75, 3.05) is 10.6 Å². The van der Waals surface area contributed by atoms with Crippen LogP contribution in [0.25, 0.3) is 0 Å². The number of unbranched alkanes of at least 4 members (excludes halogenated alkanes) is 1. The molecule has 1 aliphatic carbocycles. The largest absolute Gasteiger partial charge is 0.326 e. The number of carbonyl (C=O) groups is 2. The summed E-state index contributed by atoms with van der Waals surface area (Å²) in [6.07, 6.45) is 5.99. The van der Waals surface area contributed by atoms with E-state index in [-0.39, 0.29) is 23.7 Å². The lowest BCUT2D eigenvalue weighted by atomic mass is 9.98. The van der Waals surface area contributed by atoms with E-state index in [4.69, 9.17) is 0 Å². The summed E-state index contributed by atoms with van der Waals surface area (Å²) in [6.45, 7) is 4.19. The molecule has 0 aromatic heterocycles. The molecule has 1 unspecified atom stereocenters. The topological polar surface area (TPSA) is 58.2 Å². The highest BCUT2D eigenvalue weighted by Gasteiger charge is 2.29. The maximum Gasteiger partial charge on any atom is 0.227 e. The molecular formula is C18H26N2O2. The van der Waals surface area contributed by atoms with Crippen LogP contribution in [0.2, 0.25) is 0 Å². The average Bonchev–Trinajstić information content (AvgIpc) is 3.35. The molecule has 1 aliphatic rings. The van der Waals surface area contributed by atoms with E-state index in [0.717, 1.165) is 49.9 Å². The Hall–Kier alpha value is -1.84. The molecule has 1 fully saturated rings. The van der Waals surface area contributed by atoms with E-state index in [1.807, 2.05) is 24.3 Å². The summed E-state index contributed by atoms with van der Waals surface area (Å²) in [5.41, 5.74) is 1.57. The van der Waals surface area contributed by atoms with Crippen molar-refractivity contribution in [2.45, 2.75) is 52.4 Å². The number of rotatable bonds is 8. The SMILES string of the molecule is CCCCC(CC)C(=O)Nc1ccc(NC(=O)C2CC2)cc1. The molecule has 1 aromatic rings. The minimum absolute atomic E-state index is 0.0780. The van der Waals surface area contributed by atoms with Crippen LogP contribution in [0.15, 0.2) is 24.3 Å². The van der Waals surface area contributed by atoms with E-state index in [1.165, 1.54) is 0 Å². The average molecular weight is 302 g/mol. The van der Waals surface area contributed by atoms with E-state index in [1.54, 1.807) is 0 Å². The summed E-state index contributed by atoms with van der Waals surface area (Å²) in [5, 5.41) is 5.86. The lowest BCUT2D eigenvalue weighted by molar-refractivity contribution is -0.120. The lowest BCUT2D eigenvalue weighted by Crippen LogP contribution is -2.22. The predicted octanol–water partition coefficient (Wildman–Crippen LogP) is 4.19. The van der Waals surface area contributed by atoms with Crippen LogP contribution >= 0.6 is 0 Å². The molecule has 4 nitrogen and oxygen atoms in total. The first-order valence-corrected chi connectivity index (χ1v) is 8.35. The lowest BCUT2D eigenvalue weighted by Gasteiger charge is -2.15. The minimum atomic E-state index is 0.0780. The second-order valence-electron chi connectivity index (χ2n) is 6.08. The van der Waals surface area contributed by atoms with Crippen molar-refractivity contribution >= 4 is 23.2 Å². The summed E-state index contributed by atoms with van der Waals surface area (Å²) in [6, 6.07) is 7.35. The van der Waals surface area contributed by atoms with Gasteiger partial charge in [-0.25, -0.2) is 0 Å². The molecule has 2 N–H and O–H groups in total. The van der Waals surface area contributed by atoms with Crippen molar-refractivity contribution in [1.29, 1.82) is 0 Å². The maximum absolute atomic E-state index is 12.2. The number of hydrogen-bond donors (Lipinski definition) is 2. The first-order chi connectivity index (χ1) is 10.6. The molecule has 4 heteroatoms. The molecule has 0 aliphatic heterocycles. The van der Waals surface area contributed by atoms with Gasteiger partial charge in [-0.15, -0.1) is 0 Å². The first kappa shape index (κ1) is 16.5. The standard InChI is InChI=1S/C18H26N2O2/c1-3-5-6-13(4-2)17(21)19-15-9-11-16(12-10-15)20-18(22)14-7-8-14/h9-14H,3-8H2,1-2H3,(H,19,21)(H,20,22). The summed E-state index contributed by atoms with van der Waals surface area (Å²) < 4.78 is 0. The van der Waals surface area contributed by atoms with E-state index < -0.39 is 0 Å². The van der Waals surface area contributed by atoms with Crippen LogP contribution in [0.3, 0.4) is 0 Å². The number of carbonyl (C=O) groups excluding carboxylic acids is 2. The van der Waals surface area contributed by atoms with Gasteiger partial charge in [0.2, 0.25) is 11.8 Å². The van der Waals surface area contributed by atoms with Gasteiger partial charge in [-0.2, -0.15) is 0 Å². The highest BCUT2D eigenvalue weighted by molar-refractivity contribution is 5.95. The predicted molar refractivity (Wildman–Crippen MR) is 89.7 cm³/mol. The summed E-state index contributed by atoms with van der Waals surface area (Å²) in [7, 11) is 0. The Morgan fingerprint density at radius 2 is 1.68 bits per heavy atom. The number of nitrogens with one attached hydrogen (secondary N) is 2. The van der Waals surface area contributed by atoms with Gasteiger partial charge in [0, 0.05) is 23.2 Å². The van der Waals surface area contributed by atoms with Gasteiger partial charge in [0.05, 0.1) is 0 Å². The van der Waals surface area contributed by atoms with Crippen LogP contribution in [-0.2, 0) is 9.59 Å². The number of amides is 2. The Bertz CT molecular complexity index is 506. The Morgan fingerprint density at radius 1 is 1.09 bits per heavy atom. The van der Waals surface area contributed by atoms with Gasteiger partial charge in [-0.05, 0) is 49.9 Å². The molecule has 2 rings (SSSR count). The molecule has 22 heavy (non-hydrogen) atoms. The van der Waals surface area contributed by atoms with Crippen molar-refractivity contribution in [2.24, 2.45) is 11.8 Å². The van der Waals surface area contributed by atoms with Gasteiger partial charge in [0.1, 0.15) is 0 Å². The zero-order chi connectivity index (χ0) is 15.9. The third-order valence-corrected chi connectivity index (χ3v) is 4.14. The van der Waals surface area contributed by atoms with Crippen LogP contribution in [0.1, 0.15) is 52.4 Å². The molecular weight excluding hydrogens is 276 g/mol. The summed E-state index contributed by atoms with van der Waals surface area (Å²) in [4.78, 5) is 23.9. The van der Waals surface area contributed by atoms with Crippen LogP contribution in [0.4, 0.5) is 11.4 Å². The summed E-state index contributed by atoms with van der Waals surface area (Å²) >= 11 is 0. The van der Waals surface area contributed by atoms with Gasteiger partial charge < -0.3 is 10.6 Å². The monoisotopic (exact) mass is 302 g/mol. The van der Waals surface area contributed by atoms with Gasteiger partial charge in [0.25, 0.3) is 0 Å². The van der Waals surface area contributed by atoms with Crippen molar-refractivity contribution in [3.63, 3.8) is 0 Å². The van der Waals surface area contributed by atoms with Crippen molar-refractivity contribution in [3.8, 4) is 0 Å². The smallest absolute Gasteiger partial charge is 0.227 e.